The SMILES string of the molecule is CCNC(c1cccc(C)c1)C1CC(C(C)C)Oc2ccccc21. The third kappa shape index (κ3) is 3.49. The molecule has 0 saturated heterocycles. The molecule has 1 N–H and O–H groups in total. The van der Waals surface area contributed by atoms with E-state index >= 15 is 0 Å². The zero-order valence-corrected chi connectivity index (χ0v) is 15.3. The highest BCUT2D eigenvalue weighted by molar-refractivity contribution is 5.41. The molecular formula is C22H29NO. The van der Waals surface area contributed by atoms with E-state index in [2.05, 4.69) is 81.5 Å². The molecule has 1 aliphatic rings. The van der Waals surface area contributed by atoms with Gasteiger partial charge in [-0.05, 0) is 43.0 Å². The highest BCUT2D eigenvalue weighted by atomic mass is 16.5. The maximum Gasteiger partial charge on any atom is 0.123 e. The molecular weight excluding hydrogens is 294 g/mol. The average molecular weight is 323 g/mol. The second-order valence-electron chi connectivity index (χ2n) is 7.23. The van der Waals surface area contributed by atoms with Crippen LogP contribution in [0.1, 0.15) is 55.8 Å². The molecule has 128 valence electrons. The summed E-state index contributed by atoms with van der Waals surface area (Å²) >= 11 is 0. The number of para-hydroxylation sites is 1. The lowest BCUT2D eigenvalue weighted by Crippen LogP contribution is -2.36. The van der Waals surface area contributed by atoms with Crippen LogP contribution < -0.4 is 10.1 Å². The molecule has 2 heteroatoms. The Balaban J connectivity index is 2.02. The highest BCUT2D eigenvalue weighted by Crippen LogP contribution is 2.44. The minimum Gasteiger partial charge on any atom is -0.490 e. The van der Waals surface area contributed by atoms with E-state index in [4.69, 9.17) is 4.74 Å². The predicted octanol–water partition coefficient (Wildman–Crippen LogP) is 5.24. The standard InChI is InChI=1S/C22H29NO/c1-5-23-22(17-10-8-9-16(4)13-17)19-14-21(15(2)3)24-20-12-7-6-11-18(19)20/h6-13,15,19,21-23H,5,14H2,1-4H3. The van der Waals surface area contributed by atoms with E-state index < -0.39 is 0 Å². The number of hydrogen-bond donors (Lipinski definition) is 1. The van der Waals surface area contributed by atoms with Crippen LogP contribution in [0.4, 0.5) is 0 Å². The summed E-state index contributed by atoms with van der Waals surface area (Å²) in [7, 11) is 0. The van der Waals surface area contributed by atoms with Crippen molar-refractivity contribution in [1.29, 1.82) is 0 Å². The van der Waals surface area contributed by atoms with Gasteiger partial charge in [-0.3, -0.25) is 0 Å². The Kier molecular flexibility index (Phi) is 5.25. The van der Waals surface area contributed by atoms with Crippen molar-refractivity contribution < 1.29 is 4.74 Å². The molecule has 3 unspecified atom stereocenters. The Bertz CT molecular complexity index is 679. The molecule has 2 nitrogen and oxygen atoms in total. The molecule has 24 heavy (non-hydrogen) atoms. The monoisotopic (exact) mass is 323 g/mol. The lowest BCUT2D eigenvalue weighted by molar-refractivity contribution is 0.106. The van der Waals surface area contributed by atoms with Gasteiger partial charge >= 0.3 is 0 Å². The first-order chi connectivity index (χ1) is 11.6. The first-order valence-corrected chi connectivity index (χ1v) is 9.15. The van der Waals surface area contributed by atoms with Crippen LogP contribution in [0, 0.1) is 12.8 Å². The summed E-state index contributed by atoms with van der Waals surface area (Å²) in [5.74, 6) is 2.01. The van der Waals surface area contributed by atoms with Crippen LogP contribution in [0.3, 0.4) is 0 Å². The van der Waals surface area contributed by atoms with Gasteiger partial charge in [0.15, 0.2) is 0 Å². The number of aryl methyl sites for hydroxylation is 1. The molecule has 0 radical (unpaired) electrons. The van der Waals surface area contributed by atoms with Crippen molar-refractivity contribution in [3.05, 3.63) is 65.2 Å². The molecule has 0 fully saturated rings. The van der Waals surface area contributed by atoms with E-state index in [1.807, 2.05) is 0 Å². The van der Waals surface area contributed by atoms with Gasteiger partial charge in [-0.1, -0.05) is 68.8 Å². The van der Waals surface area contributed by atoms with E-state index in [1.54, 1.807) is 0 Å². The normalized spacial score (nSPS) is 21.2. The number of fused-ring (bicyclic) bond motifs is 1. The maximum atomic E-state index is 6.28. The molecule has 0 spiro atoms. The summed E-state index contributed by atoms with van der Waals surface area (Å²) in [6.45, 7) is 9.83. The first-order valence-electron chi connectivity index (χ1n) is 9.15. The second-order valence-corrected chi connectivity index (χ2v) is 7.23. The minimum absolute atomic E-state index is 0.274. The first kappa shape index (κ1) is 17.0. The molecule has 2 aromatic rings. The van der Waals surface area contributed by atoms with Gasteiger partial charge in [0.25, 0.3) is 0 Å². The molecule has 0 amide bonds. The van der Waals surface area contributed by atoms with E-state index in [0.29, 0.717) is 17.9 Å². The van der Waals surface area contributed by atoms with Crippen molar-refractivity contribution in [1.82, 2.24) is 5.32 Å². The Labute approximate surface area is 146 Å². The zero-order valence-electron chi connectivity index (χ0n) is 15.3. The van der Waals surface area contributed by atoms with E-state index in [1.165, 1.54) is 16.7 Å². The molecule has 0 aliphatic carbocycles. The van der Waals surface area contributed by atoms with E-state index in [-0.39, 0.29) is 6.10 Å². The van der Waals surface area contributed by atoms with Crippen LogP contribution in [0.15, 0.2) is 48.5 Å². The fourth-order valence-corrected chi connectivity index (χ4v) is 3.78. The van der Waals surface area contributed by atoms with Gasteiger partial charge in [-0.25, -0.2) is 0 Å². The number of hydrogen-bond acceptors (Lipinski definition) is 2. The minimum atomic E-state index is 0.274. The third-order valence-electron chi connectivity index (χ3n) is 5.05. The molecule has 0 bridgehead atoms. The van der Waals surface area contributed by atoms with Gasteiger partial charge < -0.3 is 10.1 Å². The van der Waals surface area contributed by atoms with Crippen LogP contribution in [-0.4, -0.2) is 12.6 Å². The van der Waals surface area contributed by atoms with Crippen molar-refractivity contribution >= 4 is 0 Å². The van der Waals surface area contributed by atoms with Crippen LogP contribution >= 0.6 is 0 Å². The molecule has 2 aromatic carbocycles. The Morgan fingerprint density at radius 2 is 1.92 bits per heavy atom. The summed E-state index contributed by atoms with van der Waals surface area (Å²) in [6.07, 6.45) is 1.33. The molecule has 3 atom stereocenters. The van der Waals surface area contributed by atoms with Gasteiger partial charge in [-0.15, -0.1) is 0 Å². The van der Waals surface area contributed by atoms with E-state index in [0.717, 1.165) is 18.7 Å². The Hall–Kier alpha value is -1.80. The lowest BCUT2D eigenvalue weighted by atomic mass is 9.79. The predicted molar refractivity (Wildman–Crippen MR) is 101 cm³/mol. The summed E-state index contributed by atoms with van der Waals surface area (Å²) in [5, 5.41) is 3.74. The molecule has 1 aliphatic heterocycles. The van der Waals surface area contributed by atoms with Gasteiger partial charge in [0.2, 0.25) is 0 Å². The second kappa shape index (κ2) is 7.40. The lowest BCUT2D eigenvalue weighted by Gasteiger charge is -2.38. The Morgan fingerprint density at radius 3 is 2.62 bits per heavy atom. The van der Waals surface area contributed by atoms with Gasteiger partial charge in [0, 0.05) is 12.0 Å². The zero-order chi connectivity index (χ0) is 17.1. The van der Waals surface area contributed by atoms with Gasteiger partial charge in [0.05, 0.1) is 0 Å². The topological polar surface area (TPSA) is 21.3 Å². The van der Waals surface area contributed by atoms with E-state index in [9.17, 15) is 0 Å². The van der Waals surface area contributed by atoms with Crippen LogP contribution in [0.5, 0.6) is 5.75 Å². The molecule has 0 saturated carbocycles. The number of likely N-dealkylation sites (N-methyl/N-ethyl adjacent to an activating group) is 1. The maximum absolute atomic E-state index is 6.28. The van der Waals surface area contributed by atoms with Gasteiger partial charge in [-0.2, -0.15) is 0 Å². The summed E-state index contributed by atoms with van der Waals surface area (Å²) < 4.78 is 6.28. The quantitative estimate of drug-likeness (QED) is 0.813. The molecule has 1 heterocycles. The van der Waals surface area contributed by atoms with Gasteiger partial charge in [0.1, 0.15) is 11.9 Å². The van der Waals surface area contributed by atoms with Crippen molar-refractivity contribution in [2.75, 3.05) is 6.54 Å². The van der Waals surface area contributed by atoms with Crippen molar-refractivity contribution in [3.8, 4) is 5.75 Å². The highest BCUT2D eigenvalue weighted by Gasteiger charge is 2.35. The van der Waals surface area contributed by atoms with Crippen LogP contribution in [0.25, 0.3) is 0 Å². The summed E-state index contributed by atoms with van der Waals surface area (Å²) in [5.41, 5.74) is 4.03. The molecule has 3 rings (SSSR count). The number of rotatable bonds is 5. The number of ether oxygens (including phenoxy) is 1. The smallest absolute Gasteiger partial charge is 0.123 e. The van der Waals surface area contributed by atoms with Crippen molar-refractivity contribution in [3.63, 3.8) is 0 Å². The Morgan fingerprint density at radius 1 is 1.12 bits per heavy atom. The largest absolute Gasteiger partial charge is 0.490 e. The average Bonchev–Trinajstić information content (AvgIpc) is 2.58. The fraction of sp³-hybridized carbons (Fsp3) is 0.455. The van der Waals surface area contributed by atoms with Crippen LogP contribution in [-0.2, 0) is 0 Å². The molecule has 0 aromatic heterocycles. The summed E-state index contributed by atoms with van der Waals surface area (Å²) in [6, 6.07) is 17.8. The van der Waals surface area contributed by atoms with Crippen LogP contribution in [0.2, 0.25) is 0 Å². The number of nitrogens with one attached hydrogen (secondary N) is 1. The summed E-state index contributed by atoms with van der Waals surface area (Å²) in [4.78, 5) is 0. The number of benzene rings is 2. The third-order valence-corrected chi connectivity index (χ3v) is 5.05. The van der Waals surface area contributed by atoms with Crippen molar-refractivity contribution in [2.24, 2.45) is 5.92 Å². The fourth-order valence-electron chi connectivity index (χ4n) is 3.78. The van der Waals surface area contributed by atoms with Crippen molar-refractivity contribution in [2.45, 2.75) is 52.2 Å².